The molecule has 0 radical (unpaired) electrons. The van der Waals surface area contributed by atoms with Gasteiger partial charge in [0.25, 0.3) is 0 Å². The molecule has 136 valence electrons. The molecule has 0 amide bonds. The van der Waals surface area contributed by atoms with Gasteiger partial charge < -0.3 is 14.9 Å². The van der Waals surface area contributed by atoms with Gasteiger partial charge in [-0.1, -0.05) is 67.6 Å². The molecule has 1 heterocycles. The maximum Gasteiger partial charge on any atom is 0.209 e. The normalized spacial score (nSPS) is 11.7. The SMILES string of the molecule is CCC(C(=O)[O-])c1[nH]c(C(=O)c2ccccc2)cc1C(=O)c1ccccc1. The van der Waals surface area contributed by atoms with Crippen molar-refractivity contribution in [3.05, 3.63) is 94.8 Å². The highest BCUT2D eigenvalue weighted by Crippen LogP contribution is 2.26. The van der Waals surface area contributed by atoms with Crippen LogP contribution < -0.4 is 5.11 Å². The van der Waals surface area contributed by atoms with Gasteiger partial charge in [-0.15, -0.1) is 0 Å². The van der Waals surface area contributed by atoms with E-state index in [9.17, 15) is 19.5 Å². The molecular weight excluding hydrogens is 342 g/mol. The maximum atomic E-state index is 12.9. The van der Waals surface area contributed by atoms with Crippen LogP contribution in [-0.4, -0.2) is 22.5 Å². The van der Waals surface area contributed by atoms with Gasteiger partial charge in [-0.05, 0) is 12.5 Å². The Morgan fingerprint density at radius 1 is 0.889 bits per heavy atom. The molecule has 3 aromatic rings. The highest BCUT2D eigenvalue weighted by Gasteiger charge is 2.25. The molecule has 1 unspecified atom stereocenters. The lowest BCUT2D eigenvalue weighted by atomic mass is 9.95. The predicted octanol–water partition coefficient (Wildman–Crippen LogP) is 2.72. The summed E-state index contributed by atoms with van der Waals surface area (Å²) < 4.78 is 0. The third-order valence-electron chi connectivity index (χ3n) is 4.45. The minimum atomic E-state index is -1.29. The van der Waals surface area contributed by atoms with Crippen molar-refractivity contribution < 1.29 is 19.5 Å². The van der Waals surface area contributed by atoms with E-state index < -0.39 is 11.9 Å². The summed E-state index contributed by atoms with van der Waals surface area (Å²) in [5.74, 6) is -2.95. The Balaban J connectivity index is 2.10. The average Bonchev–Trinajstić information content (AvgIpc) is 3.13. The summed E-state index contributed by atoms with van der Waals surface area (Å²) in [5, 5.41) is 11.6. The van der Waals surface area contributed by atoms with E-state index in [4.69, 9.17) is 0 Å². The van der Waals surface area contributed by atoms with E-state index in [0.29, 0.717) is 11.1 Å². The number of rotatable bonds is 7. The first-order valence-corrected chi connectivity index (χ1v) is 8.66. The fraction of sp³-hybridized carbons (Fsp3) is 0.136. The van der Waals surface area contributed by atoms with E-state index in [-0.39, 0.29) is 34.9 Å². The molecule has 0 spiro atoms. The lowest BCUT2D eigenvalue weighted by molar-refractivity contribution is -0.308. The number of ketones is 2. The number of benzene rings is 2. The molecule has 0 saturated heterocycles. The van der Waals surface area contributed by atoms with E-state index in [2.05, 4.69) is 4.98 Å². The summed E-state index contributed by atoms with van der Waals surface area (Å²) in [4.78, 5) is 40.1. The van der Waals surface area contributed by atoms with E-state index in [1.165, 1.54) is 6.07 Å². The number of aromatic nitrogens is 1. The summed E-state index contributed by atoms with van der Waals surface area (Å²) in [6.07, 6.45) is 0.233. The van der Waals surface area contributed by atoms with Crippen LogP contribution in [-0.2, 0) is 4.79 Å². The fourth-order valence-corrected chi connectivity index (χ4v) is 3.03. The van der Waals surface area contributed by atoms with Crippen molar-refractivity contribution >= 4 is 17.5 Å². The number of carboxylic acids is 1. The minimum absolute atomic E-state index is 0.176. The highest BCUT2D eigenvalue weighted by molar-refractivity contribution is 6.14. The van der Waals surface area contributed by atoms with E-state index in [0.717, 1.165) is 0 Å². The van der Waals surface area contributed by atoms with Gasteiger partial charge in [0.15, 0.2) is 5.78 Å². The molecule has 0 aliphatic carbocycles. The molecule has 2 aromatic carbocycles. The molecule has 0 aliphatic rings. The molecule has 0 saturated carbocycles. The smallest absolute Gasteiger partial charge is 0.209 e. The van der Waals surface area contributed by atoms with Gasteiger partial charge in [0.05, 0.1) is 11.7 Å². The third-order valence-corrected chi connectivity index (χ3v) is 4.45. The first-order valence-electron chi connectivity index (χ1n) is 8.66. The molecule has 5 heteroatoms. The molecule has 0 bridgehead atoms. The van der Waals surface area contributed by atoms with Crippen LogP contribution >= 0.6 is 0 Å². The standard InChI is InChI=1S/C22H19NO4/c1-2-16(22(26)27)19-17(20(24)14-9-5-3-6-10-14)13-18(23-19)21(25)15-11-7-4-8-12-15/h3-13,16,23H,2H2,1H3,(H,26,27)/p-1. The number of hydrogen-bond acceptors (Lipinski definition) is 4. The molecule has 1 aromatic heterocycles. The highest BCUT2D eigenvalue weighted by atomic mass is 16.4. The second kappa shape index (κ2) is 7.83. The summed E-state index contributed by atoms with van der Waals surface area (Å²) in [7, 11) is 0. The van der Waals surface area contributed by atoms with Crippen LogP contribution in [0.3, 0.4) is 0 Å². The number of aliphatic carboxylic acids is 1. The van der Waals surface area contributed by atoms with Gasteiger partial charge in [0.1, 0.15) is 0 Å². The molecule has 1 N–H and O–H groups in total. The van der Waals surface area contributed by atoms with Crippen molar-refractivity contribution in [1.82, 2.24) is 4.98 Å². The van der Waals surface area contributed by atoms with E-state index in [1.807, 2.05) is 0 Å². The molecule has 0 fully saturated rings. The average molecular weight is 360 g/mol. The quantitative estimate of drug-likeness (QED) is 0.656. The Morgan fingerprint density at radius 2 is 1.41 bits per heavy atom. The Morgan fingerprint density at radius 3 is 1.89 bits per heavy atom. The number of carbonyl (C=O) groups excluding carboxylic acids is 3. The number of carboxylic acid groups (broad SMARTS) is 1. The first kappa shape index (κ1) is 18.3. The molecule has 27 heavy (non-hydrogen) atoms. The Bertz CT molecular complexity index is 974. The number of hydrogen-bond donors (Lipinski definition) is 1. The van der Waals surface area contributed by atoms with Crippen LogP contribution in [0.2, 0.25) is 0 Å². The van der Waals surface area contributed by atoms with Crippen molar-refractivity contribution in [1.29, 1.82) is 0 Å². The van der Waals surface area contributed by atoms with Gasteiger partial charge in [-0.25, -0.2) is 0 Å². The maximum absolute atomic E-state index is 12.9. The summed E-state index contributed by atoms with van der Waals surface area (Å²) in [6, 6.07) is 18.6. The second-order valence-corrected chi connectivity index (χ2v) is 6.18. The summed E-state index contributed by atoms with van der Waals surface area (Å²) in [6.45, 7) is 1.69. The third kappa shape index (κ3) is 3.72. The zero-order valence-corrected chi connectivity index (χ0v) is 14.8. The van der Waals surface area contributed by atoms with Crippen LogP contribution in [0, 0.1) is 0 Å². The van der Waals surface area contributed by atoms with Crippen LogP contribution in [0.1, 0.15) is 56.9 Å². The van der Waals surface area contributed by atoms with E-state index in [1.54, 1.807) is 67.6 Å². The first-order chi connectivity index (χ1) is 13.0. The van der Waals surface area contributed by atoms with Gasteiger partial charge >= 0.3 is 0 Å². The molecular formula is C22H18NO4-. The fourth-order valence-electron chi connectivity index (χ4n) is 3.03. The van der Waals surface area contributed by atoms with Crippen molar-refractivity contribution in [2.45, 2.75) is 19.3 Å². The van der Waals surface area contributed by atoms with Gasteiger partial charge in [0, 0.05) is 28.3 Å². The second-order valence-electron chi connectivity index (χ2n) is 6.18. The number of nitrogens with one attached hydrogen (secondary N) is 1. The molecule has 0 aliphatic heterocycles. The lowest BCUT2D eigenvalue weighted by Crippen LogP contribution is -2.30. The largest absolute Gasteiger partial charge is 0.549 e. The van der Waals surface area contributed by atoms with Crippen molar-refractivity contribution in [2.24, 2.45) is 0 Å². The van der Waals surface area contributed by atoms with Crippen LogP contribution in [0.25, 0.3) is 0 Å². The van der Waals surface area contributed by atoms with Gasteiger partial charge in [0.2, 0.25) is 5.78 Å². The number of carbonyl (C=O) groups is 3. The minimum Gasteiger partial charge on any atom is -0.549 e. The van der Waals surface area contributed by atoms with Gasteiger partial charge in [-0.2, -0.15) is 0 Å². The summed E-state index contributed by atoms with van der Waals surface area (Å²) >= 11 is 0. The molecule has 5 nitrogen and oxygen atoms in total. The van der Waals surface area contributed by atoms with Crippen LogP contribution in [0.5, 0.6) is 0 Å². The zero-order chi connectivity index (χ0) is 19.4. The Hall–Kier alpha value is -3.47. The Labute approximate surface area is 156 Å². The summed E-state index contributed by atoms with van der Waals surface area (Å²) in [5.41, 5.74) is 1.42. The lowest BCUT2D eigenvalue weighted by Gasteiger charge is -2.16. The van der Waals surface area contributed by atoms with Crippen molar-refractivity contribution in [3.8, 4) is 0 Å². The Kier molecular flexibility index (Phi) is 5.31. The van der Waals surface area contributed by atoms with E-state index >= 15 is 0 Å². The van der Waals surface area contributed by atoms with Gasteiger partial charge in [-0.3, -0.25) is 9.59 Å². The predicted molar refractivity (Wildman–Crippen MR) is 98.6 cm³/mol. The van der Waals surface area contributed by atoms with Crippen LogP contribution in [0.15, 0.2) is 66.7 Å². The van der Waals surface area contributed by atoms with Crippen molar-refractivity contribution in [3.63, 3.8) is 0 Å². The molecule has 3 rings (SSSR count). The number of H-pyrrole nitrogens is 1. The zero-order valence-electron chi connectivity index (χ0n) is 14.8. The van der Waals surface area contributed by atoms with Crippen molar-refractivity contribution in [2.75, 3.05) is 0 Å². The number of aromatic amines is 1. The van der Waals surface area contributed by atoms with Crippen LogP contribution in [0.4, 0.5) is 0 Å². The monoisotopic (exact) mass is 360 g/mol. The molecule has 1 atom stereocenters. The topological polar surface area (TPSA) is 90.1 Å².